The van der Waals surface area contributed by atoms with Gasteiger partial charge in [-0.05, 0) is 165 Å². The number of hydrogen-bond donors (Lipinski definition) is 0. The van der Waals surface area contributed by atoms with Gasteiger partial charge in [0.2, 0.25) is 0 Å². The molecule has 0 fully saturated rings. The monoisotopic (exact) mass is 1120 g/mol. The molecule has 0 aliphatic rings. The van der Waals surface area contributed by atoms with E-state index in [1.54, 1.807) is 6.07 Å². The lowest BCUT2D eigenvalue weighted by Crippen LogP contribution is -2.17. The van der Waals surface area contributed by atoms with E-state index >= 15 is 0 Å². The number of alkyl halides is 3. The fourth-order valence-electron chi connectivity index (χ4n) is 11.7. The molecule has 0 unspecified atom stereocenters. The highest BCUT2D eigenvalue weighted by Gasteiger charge is 2.32. The van der Waals surface area contributed by atoms with Crippen molar-refractivity contribution in [1.82, 2.24) is 24.1 Å². The zero-order valence-electron chi connectivity index (χ0n) is 50.6. The minimum Gasteiger partial charge on any atom is -0.309 e. The molecule has 0 aliphatic heterocycles. The Morgan fingerprint density at radius 2 is 0.765 bits per heavy atom. The first-order chi connectivity index (χ1) is 40.1. The SMILES string of the molecule is [C-]#[N+]c1cccc(-c2ccc(-n3c4ccccc4c4cc(C)ccc43)c(-c3cc(-c4nc(-c5cc(C(C)(C)C)cc(C(C)(C)C)c5)nc(-c5cc(C(C)(C)C)cc(C(C)(C)C)c5)n4)ccc3-n3c4ccccc4c4cc(C(F)(F)F)ccc43)c2)c1. The Labute approximate surface area is 496 Å². The van der Waals surface area contributed by atoms with Gasteiger partial charge in [-0.3, -0.25) is 0 Å². The van der Waals surface area contributed by atoms with Crippen molar-refractivity contribution >= 4 is 49.3 Å². The van der Waals surface area contributed by atoms with E-state index in [2.05, 4.69) is 213 Å². The van der Waals surface area contributed by atoms with Gasteiger partial charge in [0.05, 0.1) is 45.6 Å². The van der Waals surface area contributed by atoms with Crippen molar-refractivity contribution in [3.8, 4) is 67.8 Å². The lowest BCUT2D eigenvalue weighted by atomic mass is 9.79. The molecule has 12 rings (SSSR count). The molecule has 0 saturated heterocycles. The first kappa shape index (κ1) is 56.4. The van der Waals surface area contributed by atoms with Gasteiger partial charge in [0, 0.05) is 49.4 Å². The summed E-state index contributed by atoms with van der Waals surface area (Å²) >= 11 is 0. The van der Waals surface area contributed by atoms with Gasteiger partial charge in [0.25, 0.3) is 0 Å². The lowest BCUT2D eigenvalue weighted by molar-refractivity contribution is -0.137. The second-order valence-electron chi connectivity index (χ2n) is 27.0. The van der Waals surface area contributed by atoms with Crippen LogP contribution in [0.1, 0.15) is 116 Å². The first-order valence-electron chi connectivity index (χ1n) is 29.1. The second-order valence-corrected chi connectivity index (χ2v) is 27.0. The Kier molecular flexibility index (Phi) is 13.5. The Balaban J connectivity index is 1.23. The van der Waals surface area contributed by atoms with Crippen molar-refractivity contribution in [2.45, 2.75) is 118 Å². The molecule has 3 aromatic heterocycles. The summed E-state index contributed by atoms with van der Waals surface area (Å²) in [6.45, 7) is 36.9. The van der Waals surface area contributed by atoms with Crippen LogP contribution in [0.25, 0.3) is 116 Å². The molecule has 0 spiro atoms. The highest BCUT2D eigenvalue weighted by molar-refractivity contribution is 6.12. The maximum atomic E-state index is 14.7. The van der Waals surface area contributed by atoms with Gasteiger partial charge in [-0.1, -0.05) is 168 Å². The van der Waals surface area contributed by atoms with E-state index in [0.717, 1.165) is 99.9 Å². The average molecular weight is 1120 g/mol. The number of aromatic nitrogens is 5. The van der Waals surface area contributed by atoms with Gasteiger partial charge >= 0.3 is 6.18 Å². The molecule has 0 N–H and O–H groups in total. The molecule has 6 nitrogen and oxygen atoms in total. The van der Waals surface area contributed by atoms with E-state index in [0.29, 0.717) is 45.0 Å². The number of fused-ring (bicyclic) bond motifs is 6. The fourth-order valence-corrected chi connectivity index (χ4v) is 11.7. The summed E-state index contributed by atoms with van der Waals surface area (Å²) < 4.78 is 48.5. The largest absolute Gasteiger partial charge is 0.416 e. The Bertz CT molecular complexity index is 4550. The summed E-state index contributed by atoms with van der Waals surface area (Å²) in [5.41, 5.74) is 15.6. The molecule has 12 aromatic rings. The fraction of sp³-hybridized carbons (Fsp3) is 0.237. The topological polar surface area (TPSA) is 52.9 Å². The van der Waals surface area contributed by atoms with Crippen LogP contribution in [0.3, 0.4) is 0 Å². The third-order valence-electron chi connectivity index (χ3n) is 16.6. The smallest absolute Gasteiger partial charge is 0.309 e. The average Bonchev–Trinajstić information content (AvgIpc) is 2.05. The highest BCUT2D eigenvalue weighted by Crippen LogP contribution is 2.46. The lowest BCUT2D eigenvalue weighted by Gasteiger charge is -2.26. The van der Waals surface area contributed by atoms with Crippen molar-refractivity contribution in [2.24, 2.45) is 0 Å². The maximum Gasteiger partial charge on any atom is 0.416 e. The van der Waals surface area contributed by atoms with Crippen LogP contribution in [-0.4, -0.2) is 24.1 Å². The van der Waals surface area contributed by atoms with Crippen LogP contribution in [-0.2, 0) is 27.8 Å². The van der Waals surface area contributed by atoms with Gasteiger partial charge in [-0.2, -0.15) is 13.2 Å². The highest BCUT2D eigenvalue weighted by atomic mass is 19.4. The molecule has 0 atom stereocenters. The van der Waals surface area contributed by atoms with Gasteiger partial charge in [0.15, 0.2) is 23.2 Å². The Morgan fingerprint density at radius 3 is 1.24 bits per heavy atom. The summed E-state index contributed by atoms with van der Waals surface area (Å²) in [6, 6.07) is 60.6. The maximum absolute atomic E-state index is 14.7. The molecule has 85 heavy (non-hydrogen) atoms. The van der Waals surface area contributed by atoms with Crippen LogP contribution >= 0.6 is 0 Å². The molecular weight excluding hydrogens is 1050 g/mol. The molecule has 9 aromatic carbocycles. The summed E-state index contributed by atoms with van der Waals surface area (Å²) in [7, 11) is 0. The van der Waals surface area contributed by atoms with Crippen LogP contribution in [0.5, 0.6) is 0 Å². The third kappa shape index (κ3) is 10.5. The second kappa shape index (κ2) is 20.3. The summed E-state index contributed by atoms with van der Waals surface area (Å²) in [5.74, 6) is 1.52. The minimum atomic E-state index is -4.56. The standard InChI is InChI=1S/C76H69F3N6/c1-45-26-30-65-59(34-45)57-22-15-17-24-63(57)84(65)66-31-27-47(46-20-19-21-56(39-46)80-14)40-60(66)61-41-48(28-32-67(61)85-64-25-18-16-23-58(64)62-44-51(76(77,78)79)29-33-68(62)85)69-81-70(49-35-52(72(2,3)4)42-53(36-49)73(5,6)7)83-71(82-69)50-37-54(74(8,9)10)43-55(38-50)75(11,12)13/h15-44H,1-13H3. The van der Waals surface area contributed by atoms with Crippen molar-refractivity contribution in [3.63, 3.8) is 0 Å². The molecule has 3 heterocycles. The predicted molar refractivity (Wildman–Crippen MR) is 346 cm³/mol. The van der Waals surface area contributed by atoms with Crippen molar-refractivity contribution in [3.05, 3.63) is 227 Å². The normalized spacial score (nSPS) is 12.7. The quantitative estimate of drug-likeness (QED) is 0.149. The van der Waals surface area contributed by atoms with Crippen LogP contribution in [0.4, 0.5) is 18.9 Å². The molecule has 9 heteroatoms. The Hall–Kier alpha value is -9.13. The molecule has 424 valence electrons. The molecule has 0 saturated carbocycles. The number of aryl methyl sites for hydroxylation is 1. The number of rotatable bonds is 7. The van der Waals surface area contributed by atoms with Gasteiger partial charge < -0.3 is 9.13 Å². The van der Waals surface area contributed by atoms with Crippen LogP contribution in [0.2, 0.25) is 0 Å². The first-order valence-corrected chi connectivity index (χ1v) is 29.1. The van der Waals surface area contributed by atoms with Crippen molar-refractivity contribution in [2.75, 3.05) is 0 Å². The van der Waals surface area contributed by atoms with Crippen molar-refractivity contribution < 1.29 is 13.2 Å². The van der Waals surface area contributed by atoms with E-state index in [4.69, 9.17) is 21.5 Å². The van der Waals surface area contributed by atoms with E-state index in [9.17, 15) is 13.2 Å². The van der Waals surface area contributed by atoms with Gasteiger partial charge in [-0.15, -0.1) is 0 Å². The number of nitrogens with zero attached hydrogens (tertiary/aromatic N) is 6. The van der Waals surface area contributed by atoms with Crippen LogP contribution in [0, 0.1) is 13.5 Å². The number of benzene rings is 9. The zero-order valence-corrected chi connectivity index (χ0v) is 50.6. The van der Waals surface area contributed by atoms with Gasteiger partial charge in [-0.25, -0.2) is 19.8 Å². The minimum absolute atomic E-state index is 0.193. The summed E-state index contributed by atoms with van der Waals surface area (Å²) in [6.07, 6.45) is -4.56. The molecular formula is C76H69F3N6. The van der Waals surface area contributed by atoms with E-state index < -0.39 is 11.7 Å². The molecule has 0 amide bonds. The third-order valence-corrected chi connectivity index (χ3v) is 16.6. The van der Waals surface area contributed by atoms with Crippen molar-refractivity contribution in [1.29, 1.82) is 0 Å². The van der Waals surface area contributed by atoms with Crippen LogP contribution < -0.4 is 0 Å². The molecule has 0 bridgehead atoms. The Morgan fingerprint density at radius 1 is 0.353 bits per heavy atom. The number of halogens is 3. The van der Waals surface area contributed by atoms with E-state index in [1.807, 2.05) is 54.6 Å². The van der Waals surface area contributed by atoms with E-state index in [1.165, 1.54) is 12.1 Å². The zero-order chi connectivity index (χ0) is 60.3. The summed E-state index contributed by atoms with van der Waals surface area (Å²) in [4.78, 5) is 20.3. The summed E-state index contributed by atoms with van der Waals surface area (Å²) in [5, 5.41) is 3.37. The van der Waals surface area contributed by atoms with Crippen LogP contribution in [0.15, 0.2) is 182 Å². The molecule has 0 radical (unpaired) electrons. The van der Waals surface area contributed by atoms with Gasteiger partial charge in [0.1, 0.15) is 0 Å². The molecule has 0 aliphatic carbocycles. The number of hydrogen-bond acceptors (Lipinski definition) is 3. The number of para-hydroxylation sites is 2. The predicted octanol–water partition coefficient (Wildman–Crippen LogP) is 21.5. The van der Waals surface area contributed by atoms with E-state index in [-0.39, 0.29) is 21.7 Å².